The number of halogens is 18. The van der Waals surface area contributed by atoms with Crippen molar-refractivity contribution in [2.24, 2.45) is 5.92 Å². The molecule has 0 bridgehead atoms. The van der Waals surface area contributed by atoms with E-state index in [-0.39, 0.29) is 5.75 Å². The van der Waals surface area contributed by atoms with Gasteiger partial charge in [-0.15, -0.1) is 0 Å². The van der Waals surface area contributed by atoms with Crippen molar-refractivity contribution in [2.75, 3.05) is 52.4 Å². The van der Waals surface area contributed by atoms with Gasteiger partial charge in [-0.05, 0) is 0 Å². The van der Waals surface area contributed by atoms with Crippen LogP contribution in [0.2, 0.25) is 0 Å². The lowest BCUT2D eigenvalue weighted by atomic mass is 10.0. The largest absolute Gasteiger partial charge is 0.465 e. The van der Waals surface area contributed by atoms with Gasteiger partial charge in [0.05, 0.1) is 66.1 Å². The number of thioether (sulfide) groups is 1. The Labute approximate surface area is 252 Å². The van der Waals surface area contributed by atoms with E-state index in [9.17, 15) is 88.6 Å². The summed E-state index contributed by atoms with van der Waals surface area (Å²) in [5, 5.41) is 0. The van der Waals surface area contributed by atoms with Crippen LogP contribution >= 0.6 is 11.8 Å². The van der Waals surface area contributed by atoms with Crippen LogP contribution in [0.25, 0.3) is 0 Å². The summed E-state index contributed by atoms with van der Waals surface area (Å²) in [4.78, 5) is 24.3. The summed E-state index contributed by atoms with van der Waals surface area (Å²) in [6.07, 6.45) is -20.8. The highest BCUT2D eigenvalue weighted by atomic mass is 32.2. The Hall–Kier alpha value is -2.01. The van der Waals surface area contributed by atoms with Crippen LogP contribution in [0.5, 0.6) is 0 Å². The maximum Gasteiger partial charge on any atom is 0.460 e. The van der Waals surface area contributed by atoms with Crippen LogP contribution in [-0.2, 0) is 19.1 Å². The monoisotopic (exact) mass is 742 g/mol. The fourth-order valence-corrected chi connectivity index (χ4v) is 4.24. The van der Waals surface area contributed by atoms with Crippen LogP contribution in [0.4, 0.5) is 79.0 Å². The zero-order valence-electron chi connectivity index (χ0n) is 23.5. The van der Waals surface area contributed by atoms with Gasteiger partial charge in [-0.3, -0.25) is 9.59 Å². The summed E-state index contributed by atoms with van der Waals surface area (Å²) in [6.45, 7) is -3.52. The molecule has 0 aliphatic carbocycles. The first-order valence-electron chi connectivity index (χ1n) is 12.2. The fraction of sp³-hybridized carbons (Fsp3) is 0.909. The molecule has 5 nitrogen and oxygen atoms in total. The number of ether oxygens (including phenoxy) is 2. The number of carbonyl (C=O) groups excluding carboxylic acids is 2. The summed E-state index contributed by atoms with van der Waals surface area (Å²) in [5.41, 5.74) is 0. The van der Waals surface area contributed by atoms with Crippen molar-refractivity contribution in [3.63, 3.8) is 0 Å². The first-order chi connectivity index (χ1) is 20.1. The lowest BCUT2D eigenvalue weighted by Crippen LogP contribution is -2.61. The molecule has 0 aliphatic heterocycles. The molecule has 0 aromatic rings. The third kappa shape index (κ3) is 10.5. The Kier molecular flexibility index (Phi) is 14.0. The standard InChI is InChI=1S/C22H26F18NO4S/c1-41(2,3)6-9-46-11-12(14(43)45-8-5-16(25,26)18(29,30)20(33,34)22(38,39)40)10-13(42)44-7-4-15(23,24)17(27,28)19(31,32)21(35,36)37/h12H,4-11H2,1-3H3/q+1. The average molecular weight is 742 g/mol. The molecule has 0 aromatic carbocycles. The summed E-state index contributed by atoms with van der Waals surface area (Å²) in [5.74, 6) is -46.6. The van der Waals surface area contributed by atoms with Crippen molar-refractivity contribution in [1.29, 1.82) is 0 Å². The molecule has 0 saturated carbocycles. The first-order valence-corrected chi connectivity index (χ1v) is 13.4. The molecule has 0 aliphatic rings. The van der Waals surface area contributed by atoms with Crippen molar-refractivity contribution >= 4 is 23.7 Å². The second kappa shape index (κ2) is 14.6. The van der Waals surface area contributed by atoms with Crippen LogP contribution in [0, 0.1) is 5.92 Å². The molecule has 0 amide bonds. The molecule has 0 N–H and O–H groups in total. The maximum atomic E-state index is 13.7. The van der Waals surface area contributed by atoms with E-state index < -0.39 is 104 Å². The third-order valence-electron chi connectivity index (χ3n) is 5.73. The SMILES string of the molecule is C[N+](C)(C)CCSCC(CC(=O)OCCC(F)(F)C(F)(F)C(F)(F)C(F)(F)F)C(=O)OCCC(F)(F)C(F)(F)C(F)(F)C(F)(F)F. The molecule has 0 spiro atoms. The molecule has 0 heterocycles. The van der Waals surface area contributed by atoms with Crippen molar-refractivity contribution in [1.82, 2.24) is 0 Å². The molecule has 0 radical (unpaired) electrons. The zero-order chi connectivity index (χ0) is 37.0. The van der Waals surface area contributed by atoms with Crippen molar-refractivity contribution < 1.29 is 103 Å². The first kappa shape index (κ1) is 44.0. The fourth-order valence-electron chi connectivity index (χ4n) is 2.85. The van der Waals surface area contributed by atoms with Crippen LogP contribution in [0.3, 0.4) is 0 Å². The number of hydrogen-bond acceptors (Lipinski definition) is 5. The summed E-state index contributed by atoms with van der Waals surface area (Å²) < 4.78 is 242. The Morgan fingerprint density at radius 2 is 0.978 bits per heavy atom. The zero-order valence-corrected chi connectivity index (χ0v) is 24.3. The molecule has 0 saturated heterocycles. The molecule has 0 aromatic heterocycles. The van der Waals surface area contributed by atoms with Gasteiger partial charge < -0.3 is 14.0 Å². The molecule has 24 heteroatoms. The quantitative estimate of drug-likeness (QED) is 0.0643. The number of rotatable bonds is 18. The van der Waals surface area contributed by atoms with E-state index >= 15 is 0 Å². The van der Waals surface area contributed by atoms with Crippen LogP contribution in [-0.4, -0.2) is 117 Å². The van der Waals surface area contributed by atoms with Crippen molar-refractivity contribution in [2.45, 2.75) is 67.2 Å². The minimum Gasteiger partial charge on any atom is -0.465 e. The predicted octanol–water partition coefficient (Wildman–Crippen LogP) is 7.24. The smallest absolute Gasteiger partial charge is 0.460 e. The lowest BCUT2D eigenvalue weighted by Gasteiger charge is -2.33. The molecule has 0 fully saturated rings. The lowest BCUT2D eigenvalue weighted by molar-refractivity contribution is -0.867. The molecule has 46 heavy (non-hydrogen) atoms. The normalized spacial score (nSPS) is 15.5. The summed E-state index contributed by atoms with van der Waals surface area (Å²) >= 11 is 0.819. The third-order valence-corrected chi connectivity index (χ3v) is 6.84. The van der Waals surface area contributed by atoms with E-state index in [0.29, 0.717) is 11.0 Å². The van der Waals surface area contributed by atoms with Gasteiger partial charge in [0.1, 0.15) is 0 Å². The Balaban J connectivity index is 5.57. The van der Waals surface area contributed by atoms with E-state index in [2.05, 4.69) is 9.47 Å². The molecule has 1 atom stereocenters. The topological polar surface area (TPSA) is 52.6 Å². The highest BCUT2D eigenvalue weighted by Gasteiger charge is 2.82. The van der Waals surface area contributed by atoms with Gasteiger partial charge in [-0.25, -0.2) is 0 Å². The number of nitrogens with zero attached hydrogens (tertiary/aromatic N) is 1. The summed E-state index contributed by atoms with van der Waals surface area (Å²) in [6, 6.07) is 0. The highest BCUT2D eigenvalue weighted by molar-refractivity contribution is 7.99. The van der Waals surface area contributed by atoms with Crippen LogP contribution in [0.15, 0.2) is 0 Å². The van der Waals surface area contributed by atoms with Crippen LogP contribution < -0.4 is 0 Å². The van der Waals surface area contributed by atoms with E-state index in [1.54, 1.807) is 21.1 Å². The molecular weight excluding hydrogens is 716 g/mol. The molecule has 274 valence electrons. The number of esters is 2. The van der Waals surface area contributed by atoms with Gasteiger partial charge >= 0.3 is 59.8 Å². The molecule has 1 unspecified atom stereocenters. The van der Waals surface area contributed by atoms with Gasteiger partial charge in [-0.1, -0.05) is 0 Å². The highest BCUT2D eigenvalue weighted by Crippen LogP contribution is 2.55. The number of alkyl halides is 18. The van der Waals surface area contributed by atoms with E-state index in [4.69, 9.17) is 0 Å². The van der Waals surface area contributed by atoms with Gasteiger partial charge in [0.2, 0.25) is 0 Å². The van der Waals surface area contributed by atoms with Gasteiger partial charge in [0, 0.05) is 11.5 Å². The van der Waals surface area contributed by atoms with E-state index in [1.807, 2.05) is 0 Å². The molecular formula is C22H26F18NO4S+. The summed E-state index contributed by atoms with van der Waals surface area (Å²) in [7, 11) is 5.06. The van der Waals surface area contributed by atoms with E-state index in [1.165, 1.54) is 0 Å². The number of carbonyl (C=O) groups is 2. The molecule has 0 rings (SSSR count). The van der Waals surface area contributed by atoms with E-state index in [0.717, 1.165) is 11.8 Å². The maximum absolute atomic E-state index is 13.7. The second-order valence-corrected chi connectivity index (χ2v) is 11.7. The van der Waals surface area contributed by atoms with Crippen molar-refractivity contribution in [3.05, 3.63) is 0 Å². The average Bonchev–Trinajstić information content (AvgIpc) is 2.83. The minimum absolute atomic E-state index is 0.161. The Morgan fingerprint density at radius 3 is 1.33 bits per heavy atom. The van der Waals surface area contributed by atoms with Crippen LogP contribution in [0.1, 0.15) is 19.3 Å². The number of quaternary nitrogens is 1. The Morgan fingerprint density at radius 1 is 0.609 bits per heavy atom. The van der Waals surface area contributed by atoms with Gasteiger partial charge in [0.25, 0.3) is 0 Å². The number of hydrogen-bond donors (Lipinski definition) is 0. The van der Waals surface area contributed by atoms with Gasteiger partial charge in [0.15, 0.2) is 0 Å². The minimum atomic E-state index is -7.23. The van der Waals surface area contributed by atoms with Gasteiger partial charge in [-0.2, -0.15) is 90.8 Å². The predicted molar refractivity (Wildman–Crippen MR) is 121 cm³/mol. The Bertz CT molecular complexity index is 1020. The van der Waals surface area contributed by atoms with Crippen molar-refractivity contribution in [3.8, 4) is 0 Å². The second-order valence-electron chi connectivity index (χ2n) is 10.6.